The molecule has 3 heterocycles. The lowest BCUT2D eigenvalue weighted by Gasteiger charge is -2.33. The second-order valence-corrected chi connectivity index (χ2v) is 9.65. The highest BCUT2D eigenvalue weighted by Gasteiger charge is 2.27. The molecule has 0 spiro atoms. The molecule has 1 fully saturated rings. The molecule has 33 heavy (non-hydrogen) atoms. The largest absolute Gasteiger partial charge is 0.451 e. The number of nitrogens with one attached hydrogen (secondary N) is 1. The Morgan fingerprint density at radius 3 is 2.58 bits per heavy atom. The van der Waals surface area contributed by atoms with E-state index in [4.69, 9.17) is 10.2 Å². The smallest absolute Gasteiger partial charge is 0.289 e. The molecule has 3 N–H and O–H groups in total. The van der Waals surface area contributed by atoms with E-state index < -0.39 is 5.91 Å². The fourth-order valence-electron chi connectivity index (χ4n) is 4.64. The molecule has 0 bridgehead atoms. The number of para-hydroxylation sites is 1. The maximum Gasteiger partial charge on any atom is 0.289 e. The molecule has 1 aliphatic heterocycles. The van der Waals surface area contributed by atoms with Crippen LogP contribution in [0.3, 0.4) is 0 Å². The van der Waals surface area contributed by atoms with Crippen LogP contribution in [0.4, 0.5) is 5.00 Å². The molecule has 8 nitrogen and oxygen atoms in total. The third-order valence-corrected chi connectivity index (χ3v) is 7.54. The quantitative estimate of drug-likeness (QED) is 0.601. The number of hydrogen-bond acceptors (Lipinski definition) is 6. The number of furan rings is 1. The summed E-state index contributed by atoms with van der Waals surface area (Å²) in [6.45, 7) is 2.41. The summed E-state index contributed by atoms with van der Waals surface area (Å²) in [5, 5.41) is 4.38. The average Bonchev–Trinajstić information content (AvgIpc) is 3.40. The van der Waals surface area contributed by atoms with E-state index >= 15 is 0 Å². The molecule has 1 aromatic carbocycles. The summed E-state index contributed by atoms with van der Waals surface area (Å²) in [4.78, 5) is 42.5. The van der Waals surface area contributed by atoms with Crippen LogP contribution in [-0.4, -0.2) is 60.2 Å². The number of nitrogens with zero attached hydrogens (tertiary/aromatic N) is 2. The number of carbonyl (C=O) groups is 3. The van der Waals surface area contributed by atoms with Crippen LogP contribution in [0.5, 0.6) is 0 Å². The van der Waals surface area contributed by atoms with Crippen molar-refractivity contribution in [1.82, 2.24) is 9.80 Å². The third kappa shape index (κ3) is 4.38. The van der Waals surface area contributed by atoms with Gasteiger partial charge in [-0.3, -0.25) is 19.3 Å². The van der Waals surface area contributed by atoms with Gasteiger partial charge in [0.25, 0.3) is 11.8 Å². The Balaban J connectivity index is 1.18. The molecule has 9 heteroatoms. The van der Waals surface area contributed by atoms with Crippen molar-refractivity contribution in [2.75, 3.05) is 38.0 Å². The minimum absolute atomic E-state index is 0.134. The number of amides is 3. The highest BCUT2D eigenvalue weighted by molar-refractivity contribution is 7.17. The van der Waals surface area contributed by atoms with Gasteiger partial charge >= 0.3 is 0 Å². The maximum absolute atomic E-state index is 12.8. The van der Waals surface area contributed by atoms with Gasteiger partial charge in [0.2, 0.25) is 5.91 Å². The van der Waals surface area contributed by atoms with Gasteiger partial charge in [0.15, 0.2) is 5.76 Å². The Labute approximate surface area is 195 Å². The van der Waals surface area contributed by atoms with Gasteiger partial charge in [-0.25, -0.2) is 0 Å². The van der Waals surface area contributed by atoms with Gasteiger partial charge in [0.05, 0.1) is 12.1 Å². The van der Waals surface area contributed by atoms with E-state index in [2.05, 4.69) is 5.32 Å². The second kappa shape index (κ2) is 8.99. The van der Waals surface area contributed by atoms with Crippen LogP contribution in [-0.2, 0) is 17.6 Å². The molecule has 3 amide bonds. The van der Waals surface area contributed by atoms with Gasteiger partial charge in [-0.15, -0.1) is 11.3 Å². The molecular weight excluding hydrogens is 440 g/mol. The SMILES string of the molecule is NC(=O)c1c(NC(=O)CN2CCN(C(=O)c3cc4ccccc4o3)CC2)sc2c1CCCC2. The highest BCUT2D eigenvalue weighted by atomic mass is 32.1. The zero-order valence-electron chi connectivity index (χ0n) is 18.3. The van der Waals surface area contributed by atoms with E-state index in [9.17, 15) is 14.4 Å². The molecule has 3 aromatic rings. The molecule has 1 aliphatic carbocycles. The lowest BCUT2D eigenvalue weighted by molar-refractivity contribution is -0.117. The predicted molar refractivity (Wildman–Crippen MR) is 127 cm³/mol. The second-order valence-electron chi connectivity index (χ2n) is 8.54. The molecule has 2 aromatic heterocycles. The van der Waals surface area contributed by atoms with Crippen LogP contribution in [0.15, 0.2) is 34.7 Å². The Hall–Kier alpha value is -3.17. The van der Waals surface area contributed by atoms with Crippen molar-refractivity contribution in [2.45, 2.75) is 25.7 Å². The first-order chi connectivity index (χ1) is 16.0. The van der Waals surface area contributed by atoms with E-state index in [1.165, 1.54) is 11.3 Å². The van der Waals surface area contributed by atoms with Gasteiger partial charge in [-0.05, 0) is 43.4 Å². The number of hydrogen-bond donors (Lipinski definition) is 2. The van der Waals surface area contributed by atoms with E-state index in [1.807, 2.05) is 29.2 Å². The number of primary amides is 1. The van der Waals surface area contributed by atoms with Crippen molar-refractivity contribution in [1.29, 1.82) is 0 Å². The first-order valence-corrected chi connectivity index (χ1v) is 12.1. The number of anilines is 1. The van der Waals surface area contributed by atoms with E-state index in [1.54, 1.807) is 11.0 Å². The Morgan fingerprint density at radius 2 is 1.82 bits per heavy atom. The van der Waals surface area contributed by atoms with Gasteiger partial charge in [0.1, 0.15) is 10.6 Å². The first kappa shape index (κ1) is 21.7. The van der Waals surface area contributed by atoms with Gasteiger partial charge in [0, 0.05) is 36.4 Å². The molecule has 0 saturated carbocycles. The number of fused-ring (bicyclic) bond motifs is 2. The Morgan fingerprint density at radius 1 is 1.06 bits per heavy atom. The summed E-state index contributed by atoms with van der Waals surface area (Å²) in [7, 11) is 0. The maximum atomic E-state index is 12.8. The molecule has 5 rings (SSSR count). The molecule has 0 radical (unpaired) electrons. The third-order valence-electron chi connectivity index (χ3n) is 6.33. The van der Waals surface area contributed by atoms with Gasteiger partial charge in [-0.1, -0.05) is 18.2 Å². The fourth-order valence-corrected chi connectivity index (χ4v) is 5.95. The van der Waals surface area contributed by atoms with Gasteiger partial charge < -0.3 is 20.4 Å². The lowest BCUT2D eigenvalue weighted by Crippen LogP contribution is -2.50. The standard InChI is InChI=1S/C24H26N4O4S/c25-22(30)21-16-6-2-4-8-19(16)33-23(21)26-20(29)14-27-9-11-28(12-10-27)24(31)18-13-15-5-1-3-7-17(15)32-18/h1,3,5,7,13H,2,4,6,8-12,14H2,(H2,25,30)(H,26,29). The molecule has 1 saturated heterocycles. The number of nitrogens with two attached hydrogens (primary N) is 1. The lowest BCUT2D eigenvalue weighted by atomic mass is 9.95. The Bertz CT molecular complexity index is 1190. The summed E-state index contributed by atoms with van der Waals surface area (Å²) in [6.07, 6.45) is 3.89. The van der Waals surface area contributed by atoms with Crippen molar-refractivity contribution >= 4 is 45.0 Å². The van der Waals surface area contributed by atoms with Gasteiger partial charge in [-0.2, -0.15) is 0 Å². The first-order valence-electron chi connectivity index (χ1n) is 11.2. The van der Waals surface area contributed by atoms with Crippen LogP contribution >= 0.6 is 11.3 Å². The van der Waals surface area contributed by atoms with Crippen molar-refractivity contribution in [3.8, 4) is 0 Å². The zero-order valence-corrected chi connectivity index (χ0v) is 19.1. The summed E-state index contributed by atoms with van der Waals surface area (Å²) in [5.41, 5.74) is 7.80. The van der Waals surface area contributed by atoms with Crippen LogP contribution in [0.2, 0.25) is 0 Å². The van der Waals surface area contributed by atoms with Crippen LogP contribution < -0.4 is 11.1 Å². The minimum atomic E-state index is -0.484. The number of benzene rings is 1. The van der Waals surface area contributed by atoms with Crippen LogP contribution in [0.25, 0.3) is 11.0 Å². The summed E-state index contributed by atoms with van der Waals surface area (Å²) in [5.74, 6) is -0.454. The van der Waals surface area contributed by atoms with Crippen molar-refractivity contribution in [3.63, 3.8) is 0 Å². The van der Waals surface area contributed by atoms with E-state index in [-0.39, 0.29) is 18.4 Å². The molecule has 0 atom stereocenters. The number of carbonyl (C=O) groups excluding carboxylic acids is 3. The average molecular weight is 467 g/mol. The monoisotopic (exact) mass is 466 g/mol. The van der Waals surface area contributed by atoms with Crippen molar-refractivity contribution < 1.29 is 18.8 Å². The number of thiophene rings is 1. The number of rotatable bonds is 5. The summed E-state index contributed by atoms with van der Waals surface area (Å²) in [6, 6.07) is 9.32. The topological polar surface area (TPSA) is 109 Å². The zero-order chi connectivity index (χ0) is 22.9. The normalized spacial score (nSPS) is 16.5. The number of piperazine rings is 1. The van der Waals surface area contributed by atoms with E-state index in [0.29, 0.717) is 48.1 Å². The predicted octanol–water partition coefficient (Wildman–Crippen LogP) is 2.87. The summed E-state index contributed by atoms with van der Waals surface area (Å²) >= 11 is 1.47. The highest BCUT2D eigenvalue weighted by Crippen LogP contribution is 2.37. The molecule has 172 valence electrons. The van der Waals surface area contributed by atoms with Crippen molar-refractivity contribution in [2.24, 2.45) is 5.73 Å². The molecular formula is C24H26N4O4S. The van der Waals surface area contributed by atoms with Crippen molar-refractivity contribution in [3.05, 3.63) is 52.1 Å². The van der Waals surface area contributed by atoms with Crippen LogP contribution in [0.1, 0.15) is 44.2 Å². The minimum Gasteiger partial charge on any atom is -0.451 e. The van der Waals surface area contributed by atoms with E-state index in [0.717, 1.165) is 41.5 Å². The molecule has 2 aliphatic rings. The van der Waals surface area contributed by atoms with Crippen LogP contribution in [0, 0.1) is 0 Å². The number of aryl methyl sites for hydroxylation is 1. The Kier molecular flexibility index (Phi) is 5.90. The fraction of sp³-hybridized carbons (Fsp3) is 0.375. The molecule has 0 unspecified atom stereocenters. The summed E-state index contributed by atoms with van der Waals surface area (Å²) < 4.78 is 5.70.